The number of carbonyl (C=O) groups is 2. The summed E-state index contributed by atoms with van der Waals surface area (Å²) >= 11 is 12.2. The van der Waals surface area contributed by atoms with Gasteiger partial charge in [0.1, 0.15) is 6.54 Å². The van der Waals surface area contributed by atoms with Gasteiger partial charge in [0.2, 0.25) is 5.91 Å². The fourth-order valence-corrected chi connectivity index (χ4v) is 3.95. The normalized spacial score (nSPS) is 13.9. The van der Waals surface area contributed by atoms with Crippen molar-refractivity contribution < 1.29 is 9.59 Å². The van der Waals surface area contributed by atoms with Gasteiger partial charge in [-0.3, -0.25) is 4.79 Å². The predicted octanol–water partition coefficient (Wildman–Crippen LogP) is 3.54. The van der Waals surface area contributed by atoms with E-state index in [0.29, 0.717) is 48.5 Å². The van der Waals surface area contributed by atoms with E-state index in [1.807, 2.05) is 39.0 Å². The van der Waals surface area contributed by atoms with Crippen molar-refractivity contribution in [3.63, 3.8) is 0 Å². The lowest BCUT2D eigenvalue weighted by Gasteiger charge is -2.36. The molecule has 3 rings (SSSR count). The van der Waals surface area contributed by atoms with Crippen LogP contribution in [0.25, 0.3) is 11.3 Å². The van der Waals surface area contributed by atoms with Crippen LogP contribution in [0.4, 0.5) is 10.6 Å². The largest absolute Gasteiger partial charge is 0.352 e. The van der Waals surface area contributed by atoms with Crippen molar-refractivity contribution in [2.24, 2.45) is 0 Å². The molecule has 8 nitrogen and oxygen atoms in total. The van der Waals surface area contributed by atoms with Gasteiger partial charge in [-0.2, -0.15) is 0 Å². The monoisotopic (exact) mass is 478 g/mol. The van der Waals surface area contributed by atoms with Crippen LogP contribution < -0.4 is 10.2 Å². The van der Waals surface area contributed by atoms with Crippen LogP contribution in [0.3, 0.4) is 0 Å². The number of hydrogen-bond acceptors (Lipinski definition) is 5. The van der Waals surface area contributed by atoms with Crippen molar-refractivity contribution >= 4 is 41.0 Å². The second-order valence-electron chi connectivity index (χ2n) is 7.89. The highest BCUT2D eigenvalue weighted by molar-refractivity contribution is 6.36. The van der Waals surface area contributed by atoms with Gasteiger partial charge in [-0.25, -0.2) is 4.79 Å². The van der Waals surface area contributed by atoms with Gasteiger partial charge in [-0.15, -0.1) is 10.2 Å². The molecule has 0 saturated carbocycles. The smallest absolute Gasteiger partial charge is 0.318 e. The number of halogens is 2. The summed E-state index contributed by atoms with van der Waals surface area (Å²) in [5.41, 5.74) is 1.44. The van der Waals surface area contributed by atoms with Gasteiger partial charge in [-0.05, 0) is 51.1 Å². The zero-order valence-corrected chi connectivity index (χ0v) is 20.0. The van der Waals surface area contributed by atoms with E-state index in [1.54, 1.807) is 17.0 Å². The minimum atomic E-state index is -0.217. The molecule has 1 aromatic heterocycles. The minimum absolute atomic E-state index is 0.0263. The number of rotatable bonds is 6. The summed E-state index contributed by atoms with van der Waals surface area (Å²) in [6.45, 7) is 8.62. The first kappa shape index (κ1) is 24.1. The van der Waals surface area contributed by atoms with Gasteiger partial charge in [0.25, 0.3) is 0 Å². The Morgan fingerprint density at radius 2 is 1.81 bits per heavy atom. The number of aromatic nitrogens is 2. The number of nitrogens with one attached hydrogen (secondary N) is 1. The second kappa shape index (κ2) is 10.8. The SMILES string of the molecule is CCN(CC(=O)N1CCN(c2ccc(-c3ccc(Cl)cc3Cl)nn2)CC1)C(=O)NC(C)C. The van der Waals surface area contributed by atoms with E-state index < -0.39 is 0 Å². The maximum Gasteiger partial charge on any atom is 0.318 e. The van der Waals surface area contributed by atoms with Crippen molar-refractivity contribution in [3.05, 3.63) is 40.4 Å². The number of likely N-dealkylation sites (N-methyl/N-ethyl adjacent to an activating group) is 1. The molecular weight excluding hydrogens is 451 g/mol. The molecule has 2 heterocycles. The number of anilines is 1. The van der Waals surface area contributed by atoms with Gasteiger partial charge < -0.3 is 20.0 Å². The van der Waals surface area contributed by atoms with Gasteiger partial charge in [0.15, 0.2) is 5.82 Å². The highest BCUT2D eigenvalue weighted by Crippen LogP contribution is 2.29. The van der Waals surface area contributed by atoms with Crippen LogP contribution in [0.5, 0.6) is 0 Å². The molecule has 0 atom stereocenters. The second-order valence-corrected chi connectivity index (χ2v) is 8.73. The minimum Gasteiger partial charge on any atom is -0.352 e. The number of hydrogen-bond donors (Lipinski definition) is 1. The fraction of sp³-hybridized carbons (Fsp3) is 0.455. The Morgan fingerprint density at radius 3 is 2.38 bits per heavy atom. The first-order valence-corrected chi connectivity index (χ1v) is 11.4. The topological polar surface area (TPSA) is 81.7 Å². The van der Waals surface area contributed by atoms with E-state index in [2.05, 4.69) is 20.4 Å². The zero-order chi connectivity index (χ0) is 23.3. The van der Waals surface area contributed by atoms with E-state index in [1.165, 1.54) is 4.90 Å². The Kier molecular flexibility index (Phi) is 8.15. The third-order valence-electron chi connectivity index (χ3n) is 5.22. The molecule has 1 aromatic carbocycles. The third-order valence-corrected chi connectivity index (χ3v) is 5.77. The van der Waals surface area contributed by atoms with Crippen molar-refractivity contribution in [3.8, 4) is 11.3 Å². The molecule has 1 N–H and O–H groups in total. The molecule has 10 heteroatoms. The molecule has 1 saturated heterocycles. The van der Waals surface area contributed by atoms with E-state index in [9.17, 15) is 9.59 Å². The summed E-state index contributed by atoms with van der Waals surface area (Å²) in [5, 5.41) is 12.6. The number of nitrogens with zero attached hydrogens (tertiary/aromatic N) is 5. The quantitative estimate of drug-likeness (QED) is 0.686. The van der Waals surface area contributed by atoms with Crippen molar-refractivity contribution in [1.29, 1.82) is 0 Å². The Labute approximate surface area is 198 Å². The van der Waals surface area contributed by atoms with Crippen molar-refractivity contribution in [2.45, 2.75) is 26.8 Å². The summed E-state index contributed by atoms with van der Waals surface area (Å²) in [7, 11) is 0. The average Bonchev–Trinajstić information content (AvgIpc) is 2.77. The van der Waals surface area contributed by atoms with Crippen LogP contribution in [0.15, 0.2) is 30.3 Å². The van der Waals surface area contributed by atoms with Crippen LogP contribution in [0.1, 0.15) is 20.8 Å². The van der Waals surface area contributed by atoms with Gasteiger partial charge in [-0.1, -0.05) is 23.2 Å². The Hall–Kier alpha value is -2.58. The molecule has 0 radical (unpaired) electrons. The third kappa shape index (κ3) is 6.01. The number of piperazine rings is 1. The van der Waals surface area contributed by atoms with E-state index in [4.69, 9.17) is 23.2 Å². The Bertz CT molecular complexity index is 946. The van der Waals surface area contributed by atoms with Crippen LogP contribution in [-0.4, -0.2) is 77.2 Å². The molecule has 32 heavy (non-hydrogen) atoms. The first-order valence-electron chi connectivity index (χ1n) is 10.7. The molecule has 0 aliphatic carbocycles. The summed E-state index contributed by atoms with van der Waals surface area (Å²) in [6, 6.07) is 8.85. The van der Waals surface area contributed by atoms with Crippen LogP contribution in [-0.2, 0) is 4.79 Å². The maximum atomic E-state index is 12.7. The summed E-state index contributed by atoms with van der Waals surface area (Å²) in [6.07, 6.45) is 0. The van der Waals surface area contributed by atoms with E-state index in [0.717, 1.165) is 11.4 Å². The number of urea groups is 1. The van der Waals surface area contributed by atoms with E-state index >= 15 is 0 Å². The van der Waals surface area contributed by atoms with Crippen molar-refractivity contribution in [1.82, 2.24) is 25.3 Å². The van der Waals surface area contributed by atoms with Gasteiger partial charge in [0, 0.05) is 49.4 Å². The Balaban J connectivity index is 1.56. The zero-order valence-electron chi connectivity index (χ0n) is 18.5. The average molecular weight is 479 g/mol. The van der Waals surface area contributed by atoms with Crippen LogP contribution >= 0.6 is 23.2 Å². The molecule has 1 fully saturated rings. The number of carbonyl (C=O) groups excluding carboxylic acids is 2. The van der Waals surface area contributed by atoms with Crippen LogP contribution in [0.2, 0.25) is 10.0 Å². The Morgan fingerprint density at radius 1 is 1.09 bits per heavy atom. The lowest BCUT2D eigenvalue weighted by Crippen LogP contribution is -2.53. The molecule has 172 valence electrons. The maximum absolute atomic E-state index is 12.7. The van der Waals surface area contributed by atoms with E-state index in [-0.39, 0.29) is 24.5 Å². The molecule has 0 bridgehead atoms. The molecule has 2 aromatic rings. The standard InChI is InChI=1S/C22H28Cl2N6O2/c1-4-28(22(32)25-15(2)3)14-21(31)30-11-9-29(10-12-30)20-8-7-19(26-27-20)17-6-5-16(23)13-18(17)24/h5-8,13,15H,4,9-12,14H2,1-3H3,(H,25,32). The lowest BCUT2D eigenvalue weighted by atomic mass is 10.1. The van der Waals surface area contributed by atoms with Crippen molar-refractivity contribution in [2.75, 3.05) is 44.2 Å². The molecule has 0 spiro atoms. The van der Waals surface area contributed by atoms with Crippen LogP contribution in [0, 0.1) is 0 Å². The lowest BCUT2D eigenvalue weighted by molar-refractivity contribution is -0.132. The molecule has 0 unspecified atom stereocenters. The summed E-state index contributed by atoms with van der Waals surface area (Å²) in [5.74, 6) is 0.696. The fourth-order valence-electron chi connectivity index (χ4n) is 3.45. The summed E-state index contributed by atoms with van der Waals surface area (Å²) < 4.78 is 0. The molecule has 1 aliphatic heterocycles. The number of benzene rings is 1. The van der Waals surface area contributed by atoms with Gasteiger partial charge >= 0.3 is 6.03 Å². The highest BCUT2D eigenvalue weighted by Gasteiger charge is 2.25. The number of amides is 3. The highest BCUT2D eigenvalue weighted by atomic mass is 35.5. The molecular formula is C22H28Cl2N6O2. The predicted molar refractivity (Wildman–Crippen MR) is 127 cm³/mol. The summed E-state index contributed by atoms with van der Waals surface area (Å²) in [4.78, 5) is 30.3. The molecule has 1 aliphatic rings. The van der Waals surface area contributed by atoms with Gasteiger partial charge in [0.05, 0.1) is 10.7 Å². The molecule has 3 amide bonds. The first-order chi connectivity index (χ1) is 15.3.